The number of allylic oxidation sites excluding steroid dienone is 1. The maximum Gasteiger partial charge on any atom is 0.167 e. The minimum absolute atomic E-state index is 0.0781. The molecule has 130 valence electrons. The molecule has 0 aromatic heterocycles. The number of rotatable bonds is 4. The Morgan fingerprint density at radius 1 is 0.920 bits per heavy atom. The molecule has 0 unspecified atom stereocenters. The first-order valence-corrected chi connectivity index (χ1v) is 9.08. The van der Waals surface area contributed by atoms with Crippen molar-refractivity contribution in [1.82, 2.24) is 0 Å². The van der Waals surface area contributed by atoms with Crippen LogP contribution in [-0.4, -0.2) is 0 Å². The predicted molar refractivity (Wildman–Crippen MR) is 95.1 cm³/mol. The fourth-order valence-electron chi connectivity index (χ4n) is 4.29. The van der Waals surface area contributed by atoms with Crippen LogP contribution in [0.5, 0.6) is 0 Å². The molecule has 0 amide bonds. The molecule has 1 saturated carbocycles. The van der Waals surface area contributed by atoms with E-state index in [4.69, 9.17) is 0 Å². The summed E-state index contributed by atoms with van der Waals surface area (Å²) in [6.07, 6.45) is 7.97. The zero-order valence-electron chi connectivity index (χ0n) is 14.2. The van der Waals surface area contributed by atoms with E-state index in [0.717, 1.165) is 32.1 Å². The zero-order chi connectivity index (χ0) is 17.6. The lowest BCUT2D eigenvalue weighted by Gasteiger charge is -2.30. The van der Waals surface area contributed by atoms with Crippen LogP contribution in [0.2, 0.25) is 0 Å². The van der Waals surface area contributed by atoms with Gasteiger partial charge in [0.2, 0.25) is 0 Å². The molecule has 1 fully saturated rings. The molecule has 2 aromatic carbocycles. The van der Waals surface area contributed by atoms with E-state index in [1.165, 1.54) is 0 Å². The lowest BCUT2D eigenvalue weighted by atomic mass is 9.75. The normalized spacial score (nSPS) is 16.1. The number of aryl methyl sites for hydroxylation is 1. The summed E-state index contributed by atoms with van der Waals surface area (Å²) in [5.41, 5.74) is 2.71. The van der Waals surface area contributed by atoms with Crippen LogP contribution in [0.4, 0.5) is 13.2 Å². The monoisotopic (exact) mass is 342 g/mol. The lowest BCUT2D eigenvalue weighted by molar-refractivity contribution is 0.417. The Bertz CT molecular complexity index is 845. The highest BCUT2D eigenvalue weighted by Crippen LogP contribution is 2.53. The molecule has 0 nitrogen and oxygen atoms in total. The first-order chi connectivity index (χ1) is 12.1. The molecular weight excluding hydrogens is 321 g/mol. The molecule has 0 atom stereocenters. The zero-order valence-corrected chi connectivity index (χ0v) is 14.2. The summed E-state index contributed by atoms with van der Waals surface area (Å²) in [6, 6.07) is 5.35. The van der Waals surface area contributed by atoms with Gasteiger partial charge < -0.3 is 0 Å². The van der Waals surface area contributed by atoms with Crippen LogP contribution < -0.4 is 0 Å². The van der Waals surface area contributed by atoms with Gasteiger partial charge in [0.05, 0.1) is 0 Å². The van der Waals surface area contributed by atoms with E-state index in [9.17, 15) is 13.2 Å². The molecule has 0 radical (unpaired) electrons. The van der Waals surface area contributed by atoms with Crippen LogP contribution in [0.15, 0.2) is 30.9 Å². The predicted octanol–water partition coefficient (Wildman–Crippen LogP) is 6.92. The standard InChI is InChI=1S/C22H21F3/c1-2-3-7-14-10-11-15-17-12-16(13-8-5-4-6-9-13)21(24)22(25)19(17)18(15)20(14)23/h2,10-13H,1,3-9H2. The highest BCUT2D eigenvalue weighted by molar-refractivity contribution is 6.03. The summed E-state index contributed by atoms with van der Waals surface area (Å²) in [5, 5.41) is 0. The third kappa shape index (κ3) is 2.52. The summed E-state index contributed by atoms with van der Waals surface area (Å²) >= 11 is 0. The molecule has 2 aromatic rings. The summed E-state index contributed by atoms with van der Waals surface area (Å²) in [6.45, 7) is 3.64. The molecule has 2 aliphatic carbocycles. The summed E-state index contributed by atoms with van der Waals surface area (Å²) < 4.78 is 44.2. The molecule has 3 heteroatoms. The first kappa shape index (κ1) is 16.4. The molecular formula is C22H21F3. The van der Waals surface area contributed by atoms with Crippen LogP contribution in [0.25, 0.3) is 22.3 Å². The SMILES string of the molecule is C=CCCc1ccc2c(c1F)-c1c-2cc(C2CCCCC2)c(F)c1F. The van der Waals surface area contributed by atoms with Crippen LogP contribution in [0.1, 0.15) is 55.6 Å². The Hall–Kier alpha value is -2.03. The van der Waals surface area contributed by atoms with E-state index in [1.807, 2.05) is 6.07 Å². The van der Waals surface area contributed by atoms with Crippen molar-refractivity contribution in [3.05, 3.63) is 59.4 Å². The van der Waals surface area contributed by atoms with Gasteiger partial charge in [-0.15, -0.1) is 6.58 Å². The van der Waals surface area contributed by atoms with Crippen molar-refractivity contribution in [2.24, 2.45) is 0 Å². The highest BCUT2D eigenvalue weighted by atomic mass is 19.2. The van der Waals surface area contributed by atoms with Crippen molar-refractivity contribution in [2.75, 3.05) is 0 Å². The molecule has 0 heterocycles. The van der Waals surface area contributed by atoms with Crippen molar-refractivity contribution in [3.8, 4) is 22.3 Å². The van der Waals surface area contributed by atoms with Crippen molar-refractivity contribution in [1.29, 1.82) is 0 Å². The topological polar surface area (TPSA) is 0 Å². The van der Waals surface area contributed by atoms with Gasteiger partial charge >= 0.3 is 0 Å². The van der Waals surface area contributed by atoms with Gasteiger partial charge in [0.15, 0.2) is 11.6 Å². The highest BCUT2D eigenvalue weighted by Gasteiger charge is 2.35. The van der Waals surface area contributed by atoms with Gasteiger partial charge in [-0.1, -0.05) is 37.5 Å². The molecule has 0 saturated heterocycles. The number of hydrogen-bond donors (Lipinski definition) is 0. The van der Waals surface area contributed by atoms with Gasteiger partial charge in [-0.3, -0.25) is 0 Å². The molecule has 4 rings (SSSR count). The maximum absolute atomic E-state index is 14.8. The van der Waals surface area contributed by atoms with Crippen LogP contribution >= 0.6 is 0 Å². The average molecular weight is 342 g/mol. The quantitative estimate of drug-likeness (QED) is 0.452. The Morgan fingerprint density at radius 3 is 2.36 bits per heavy atom. The van der Waals surface area contributed by atoms with Gasteiger partial charge in [0.25, 0.3) is 0 Å². The van der Waals surface area contributed by atoms with Crippen LogP contribution in [0, 0.1) is 17.5 Å². The fraction of sp³-hybridized carbons (Fsp3) is 0.364. The Labute approximate surface area is 146 Å². The van der Waals surface area contributed by atoms with E-state index in [2.05, 4.69) is 6.58 Å². The van der Waals surface area contributed by atoms with E-state index in [1.54, 1.807) is 18.2 Å². The molecule has 0 bridgehead atoms. The van der Waals surface area contributed by atoms with Crippen molar-refractivity contribution >= 4 is 0 Å². The maximum atomic E-state index is 14.8. The molecule has 0 aliphatic heterocycles. The van der Waals surface area contributed by atoms with Crippen molar-refractivity contribution < 1.29 is 13.2 Å². The Morgan fingerprint density at radius 2 is 1.64 bits per heavy atom. The number of fused-ring (bicyclic) bond motifs is 4. The minimum atomic E-state index is -0.884. The molecule has 0 N–H and O–H groups in total. The second kappa shape index (κ2) is 6.36. The smallest absolute Gasteiger partial charge is 0.167 e. The summed E-state index contributed by atoms with van der Waals surface area (Å²) in [7, 11) is 0. The van der Waals surface area contributed by atoms with Gasteiger partial charge in [-0.25, -0.2) is 13.2 Å². The number of halogens is 3. The Kier molecular flexibility index (Phi) is 4.18. The second-order valence-corrected chi connectivity index (χ2v) is 7.14. The summed E-state index contributed by atoms with van der Waals surface area (Å²) in [4.78, 5) is 0. The van der Waals surface area contributed by atoms with Gasteiger partial charge in [0, 0.05) is 11.1 Å². The van der Waals surface area contributed by atoms with Crippen molar-refractivity contribution in [2.45, 2.75) is 50.9 Å². The lowest BCUT2D eigenvalue weighted by Crippen LogP contribution is -2.14. The third-order valence-corrected chi connectivity index (χ3v) is 5.66. The van der Waals surface area contributed by atoms with E-state index in [0.29, 0.717) is 35.1 Å². The molecule has 25 heavy (non-hydrogen) atoms. The van der Waals surface area contributed by atoms with E-state index in [-0.39, 0.29) is 17.0 Å². The summed E-state index contributed by atoms with van der Waals surface area (Å²) in [5.74, 6) is -2.01. The molecule has 0 spiro atoms. The molecule has 2 aliphatic rings. The number of benzene rings is 2. The van der Waals surface area contributed by atoms with Gasteiger partial charge in [0.1, 0.15) is 5.82 Å². The largest absolute Gasteiger partial charge is 0.206 e. The van der Waals surface area contributed by atoms with E-state index >= 15 is 0 Å². The average Bonchev–Trinajstić information content (AvgIpc) is 2.62. The minimum Gasteiger partial charge on any atom is -0.206 e. The van der Waals surface area contributed by atoms with Gasteiger partial charge in [-0.05, 0) is 59.9 Å². The van der Waals surface area contributed by atoms with Crippen LogP contribution in [-0.2, 0) is 6.42 Å². The third-order valence-electron chi connectivity index (χ3n) is 5.66. The number of hydrogen-bond acceptors (Lipinski definition) is 0. The first-order valence-electron chi connectivity index (χ1n) is 9.08. The Balaban J connectivity index is 1.77. The van der Waals surface area contributed by atoms with E-state index < -0.39 is 17.5 Å². The fourth-order valence-corrected chi connectivity index (χ4v) is 4.29. The van der Waals surface area contributed by atoms with Crippen LogP contribution in [0.3, 0.4) is 0 Å². The van der Waals surface area contributed by atoms with Crippen molar-refractivity contribution in [3.63, 3.8) is 0 Å². The van der Waals surface area contributed by atoms with Gasteiger partial charge in [-0.2, -0.15) is 0 Å². The second-order valence-electron chi connectivity index (χ2n) is 7.14.